The van der Waals surface area contributed by atoms with Crippen molar-refractivity contribution in [3.63, 3.8) is 0 Å². The third-order valence-corrected chi connectivity index (χ3v) is 6.83. The Labute approximate surface area is 176 Å². The van der Waals surface area contributed by atoms with Crippen LogP contribution >= 0.6 is 0 Å². The van der Waals surface area contributed by atoms with Crippen molar-refractivity contribution in [3.8, 4) is 11.3 Å². The molecule has 0 aliphatic carbocycles. The minimum Gasteiger partial charge on any atom is -0.444 e. The van der Waals surface area contributed by atoms with Gasteiger partial charge >= 0.3 is 0 Å². The summed E-state index contributed by atoms with van der Waals surface area (Å²) in [5, 5.41) is 2.88. The minimum atomic E-state index is -3.47. The molecule has 0 aliphatic rings. The number of carbonyl (C=O) groups excluding carboxylic acids is 1. The summed E-state index contributed by atoms with van der Waals surface area (Å²) in [5.41, 5.74) is 2.41. The Morgan fingerprint density at radius 1 is 1.10 bits per heavy atom. The zero-order chi connectivity index (χ0) is 21.6. The molecule has 1 heterocycles. The van der Waals surface area contributed by atoms with Gasteiger partial charge in [-0.25, -0.2) is 13.4 Å². The minimum absolute atomic E-state index is 0.121. The van der Waals surface area contributed by atoms with E-state index in [1.807, 2.05) is 38.1 Å². The number of sulfonamides is 1. The molecule has 1 aromatic heterocycles. The molecule has 1 N–H and O–H groups in total. The highest BCUT2D eigenvalue weighted by molar-refractivity contribution is 7.89. The average molecular weight is 428 g/mol. The molecule has 0 aliphatic heterocycles. The van der Waals surface area contributed by atoms with Crippen molar-refractivity contribution in [2.45, 2.75) is 31.6 Å². The fourth-order valence-corrected chi connectivity index (χ4v) is 4.59. The number of nitrogens with one attached hydrogen (secondary N) is 1. The quantitative estimate of drug-likeness (QED) is 0.558. The van der Waals surface area contributed by atoms with Crippen LogP contribution < -0.4 is 5.32 Å². The molecule has 158 valence electrons. The first kappa shape index (κ1) is 21.7. The molecular formula is C22H25N3O4S. The third-order valence-electron chi connectivity index (χ3n) is 4.77. The van der Waals surface area contributed by atoms with Crippen LogP contribution in [0.5, 0.6) is 0 Å². The van der Waals surface area contributed by atoms with Crippen LogP contribution in [-0.4, -0.2) is 36.7 Å². The number of hydrogen-bond donors (Lipinski definition) is 1. The van der Waals surface area contributed by atoms with Crippen LogP contribution in [0.15, 0.2) is 70.4 Å². The summed E-state index contributed by atoms with van der Waals surface area (Å²) in [5.74, 6) is 0.510. The van der Waals surface area contributed by atoms with Gasteiger partial charge in [0.2, 0.25) is 15.9 Å². The molecule has 0 radical (unpaired) electrons. The van der Waals surface area contributed by atoms with E-state index in [0.717, 1.165) is 11.1 Å². The van der Waals surface area contributed by atoms with Crippen LogP contribution in [0.1, 0.15) is 25.8 Å². The van der Waals surface area contributed by atoms with E-state index in [1.54, 1.807) is 30.5 Å². The largest absolute Gasteiger partial charge is 0.444 e. The van der Waals surface area contributed by atoms with Crippen LogP contribution in [0.25, 0.3) is 11.3 Å². The van der Waals surface area contributed by atoms with Crippen molar-refractivity contribution < 1.29 is 17.6 Å². The number of rotatable bonds is 9. The number of oxazole rings is 1. The molecule has 3 rings (SSSR count). The first-order valence-electron chi connectivity index (χ1n) is 9.82. The van der Waals surface area contributed by atoms with Crippen LogP contribution in [0.3, 0.4) is 0 Å². The van der Waals surface area contributed by atoms with E-state index in [4.69, 9.17) is 4.42 Å². The lowest BCUT2D eigenvalue weighted by Gasteiger charge is -2.18. The lowest BCUT2D eigenvalue weighted by molar-refractivity contribution is -0.116. The molecule has 0 fully saturated rings. The molecule has 1 amide bonds. The number of benzene rings is 2. The van der Waals surface area contributed by atoms with Gasteiger partial charge in [0, 0.05) is 30.8 Å². The highest BCUT2D eigenvalue weighted by Gasteiger charge is 2.21. The Bertz CT molecular complexity index is 1070. The fourth-order valence-electron chi connectivity index (χ4n) is 3.13. The Morgan fingerprint density at radius 3 is 2.47 bits per heavy atom. The van der Waals surface area contributed by atoms with Crippen molar-refractivity contribution in [1.82, 2.24) is 9.29 Å². The van der Waals surface area contributed by atoms with Crippen LogP contribution in [0, 0.1) is 0 Å². The standard InChI is InChI=1S/C22H25N3O4S/c1-3-25(4-2)30(27,28)20-11-8-17(9-12-20)10-13-22(26)24-19-7-5-6-18(14-19)21-15-23-16-29-21/h5-9,11-12,14-16H,3-4,10,13H2,1-2H3,(H,24,26). The van der Waals surface area contributed by atoms with Crippen molar-refractivity contribution in [2.75, 3.05) is 18.4 Å². The molecule has 2 aromatic carbocycles. The molecule has 0 saturated carbocycles. The maximum absolute atomic E-state index is 12.5. The second-order valence-corrected chi connectivity index (χ2v) is 8.67. The topological polar surface area (TPSA) is 92.5 Å². The predicted octanol–water partition coefficient (Wildman–Crippen LogP) is 3.94. The molecular weight excluding hydrogens is 402 g/mol. The molecule has 0 bridgehead atoms. The number of amides is 1. The van der Waals surface area contributed by atoms with Crippen LogP contribution in [0.2, 0.25) is 0 Å². The second-order valence-electron chi connectivity index (χ2n) is 6.73. The molecule has 3 aromatic rings. The summed E-state index contributed by atoms with van der Waals surface area (Å²) in [6, 6.07) is 14.1. The van der Waals surface area contributed by atoms with Gasteiger partial charge in [-0.15, -0.1) is 0 Å². The maximum Gasteiger partial charge on any atom is 0.243 e. The van der Waals surface area contributed by atoms with E-state index in [1.165, 1.54) is 10.7 Å². The summed E-state index contributed by atoms with van der Waals surface area (Å²) in [6.45, 7) is 4.49. The molecule has 0 unspecified atom stereocenters. The molecule has 30 heavy (non-hydrogen) atoms. The number of aromatic nitrogens is 1. The Morgan fingerprint density at radius 2 is 1.83 bits per heavy atom. The van der Waals surface area contributed by atoms with Gasteiger partial charge in [-0.1, -0.05) is 38.1 Å². The van der Waals surface area contributed by atoms with Gasteiger partial charge < -0.3 is 9.73 Å². The molecule has 0 saturated heterocycles. The van der Waals surface area contributed by atoms with Gasteiger partial charge in [-0.3, -0.25) is 4.79 Å². The molecule has 7 nitrogen and oxygen atoms in total. The molecule has 0 atom stereocenters. The summed E-state index contributed by atoms with van der Waals surface area (Å²) in [7, 11) is -3.47. The zero-order valence-electron chi connectivity index (χ0n) is 17.0. The highest BCUT2D eigenvalue weighted by atomic mass is 32.2. The Hall–Kier alpha value is -2.97. The Kier molecular flexibility index (Phi) is 7.02. The summed E-state index contributed by atoms with van der Waals surface area (Å²) in [4.78, 5) is 16.5. The number of hydrogen-bond acceptors (Lipinski definition) is 5. The van der Waals surface area contributed by atoms with Gasteiger partial charge in [-0.05, 0) is 36.2 Å². The SMILES string of the molecule is CCN(CC)S(=O)(=O)c1ccc(CCC(=O)Nc2cccc(-c3cnco3)c2)cc1. The van der Waals surface area contributed by atoms with Crippen molar-refractivity contribution in [2.24, 2.45) is 0 Å². The molecule has 0 spiro atoms. The van der Waals surface area contributed by atoms with Gasteiger partial charge in [0.25, 0.3) is 0 Å². The van der Waals surface area contributed by atoms with Gasteiger partial charge in [0.1, 0.15) is 0 Å². The van der Waals surface area contributed by atoms with E-state index in [2.05, 4.69) is 10.3 Å². The fraction of sp³-hybridized carbons (Fsp3) is 0.273. The highest BCUT2D eigenvalue weighted by Crippen LogP contribution is 2.22. The Balaban J connectivity index is 1.58. The van der Waals surface area contributed by atoms with Gasteiger partial charge in [0.05, 0.1) is 11.1 Å². The van der Waals surface area contributed by atoms with E-state index >= 15 is 0 Å². The van der Waals surface area contributed by atoms with Crippen molar-refractivity contribution in [3.05, 3.63) is 66.7 Å². The number of anilines is 1. The van der Waals surface area contributed by atoms with E-state index < -0.39 is 10.0 Å². The van der Waals surface area contributed by atoms with E-state index in [-0.39, 0.29) is 17.2 Å². The van der Waals surface area contributed by atoms with Gasteiger partial charge in [0.15, 0.2) is 12.2 Å². The summed E-state index contributed by atoms with van der Waals surface area (Å²) < 4.78 is 31.8. The van der Waals surface area contributed by atoms with Crippen molar-refractivity contribution in [1.29, 1.82) is 0 Å². The van der Waals surface area contributed by atoms with Gasteiger partial charge in [-0.2, -0.15) is 4.31 Å². The van der Waals surface area contributed by atoms with Crippen LogP contribution in [-0.2, 0) is 21.2 Å². The normalized spacial score (nSPS) is 11.6. The number of nitrogens with zero attached hydrogens (tertiary/aromatic N) is 2. The first-order chi connectivity index (χ1) is 14.4. The van der Waals surface area contributed by atoms with Crippen molar-refractivity contribution >= 4 is 21.6 Å². The lowest BCUT2D eigenvalue weighted by atomic mass is 10.1. The van der Waals surface area contributed by atoms with E-state index in [9.17, 15) is 13.2 Å². The van der Waals surface area contributed by atoms with Crippen LogP contribution in [0.4, 0.5) is 5.69 Å². The maximum atomic E-state index is 12.5. The summed E-state index contributed by atoms with van der Waals surface area (Å²) >= 11 is 0. The number of aryl methyl sites for hydroxylation is 1. The van der Waals surface area contributed by atoms with E-state index in [0.29, 0.717) is 31.0 Å². The monoisotopic (exact) mass is 427 g/mol. The first-order valence-corrected chi connectivity index (χ1v) is 11.3. The summed E-state index contributed by atoms with van der Waals surface area (Å²) in [6.07, 6.45) is 3.78. The smallest absolute Gasteiger partial charge is 0.243 e. The predicted molar refractivity (Wildman–Crippen MR) is 115 cm³/mol. The zero-order valence-corrected chi connectivity index (χ0v) is 17.9. The molecule has 8 heteroatoms. The third kappa shape index (κ3) is 5.14. The number of carbonyl (C=O) groups is 1. The lowest BCUT2D eigenvalue weighted by Crippen LogP contribution is -2.30. The average Bonchev–Trinajstić information content (AvgIpc) is 3.28. The second kappa shape index (κ2) is 9.69.